The molecule has 3 rings (SSSR count). The summed E-state index contributed by atoms with van der Waals surface area (Å²) in [4.78, 5) is 14.8. The number of carbonyl (C=O) groups excluding carboxylic acids is 1. The molecular formula is C16H18ClNO3. The van der Waals surface area contributed by atoms with E-state index in [1.165, 1.54) is 0 Å². The standard InChI is InChI=1S/C16H18ClNO3/c1-10(2)18-5-6-20-15(9-18)16(19)14-8-11-7-12(17)3-4-13(11)21-14/h3-4,7-8,10,15H,5-6,9H2,1-2H3. The van der Waals surface area contributed by atoms with E-state index in [9.17, 15) is 4.79 Å². The first kappa shape index (κ1) is 14.6. The number of nitrogens with zero attached hydrogens (tertiary/aromatic N) is 1. The maximum Gasteiger partial charge on any atom is 0.227 e. The van der Waals surface area contributed by atoms with Crippen LogP contribution in [0.5, 0.6) is 0 Å². The number of halogens is 1. The maximum absolute atomic E-state index is 12.5. The number of Topliss-reactive ketones (excluding diaryl/α,β-unsaturated/α-hetero) is 1. The maximum atomic E-state index is 12.5. The zero-order valence-corrected chi connectivity index (χ0v) is 12.9. The van der Waals surface area contributed by atoms with E-state index in [-0.39, 0.29) is 5.78 Å². The molecular weight excluding hydrogens is 290 g/mol. The van der Waals surface area contributed by atoms with Crippen LogP contribution < -0.4 is 0 Å². The van der Waals surface area contributed by atoms with Crippen molar-refractivity contribution in [2.24, 2.45) is 0 Å². The van der Waals surface area contributed by atoms with Crippen molar-refractivity contribution in [1.29, 1.82) is 0 Å². The molecule has 4 nitrogen and oxygen atoms in total. The largest absolute Gasteiger partial charge is 0.453 e. The first-order valence-electron chi connectivity index (χ1n) is 7.13. The molecule has 0 bridgehead atoms. The second kappa shape index (κ2) is 5.79. The Labute approximate surface area is 128 Å². The molecule has 21 heavy (non-hydrogen) atoms. The highest BCUT2D eigenvalue weighted by molar-refractivity contribution is 6.31. The topological polar surface area (TPSA) is 42.7 Å². The number of rotatable bonds is 3. The van der Waals surface area contributed by atoms with Crippen LogP contribution in [0.4, 0.5) is 0 Å². The van der Waals surface area contributed by atoms with E-state index < -0.39 is 6.10 Å². The Morgan fingerprint density at radius 2 is 2.19 bits per heavy atom. The molecule has 2 heterocycles. The molecule has 1 aromatic heterocycles. The van der Waals surface area contributed by atoms with Gasteiger partial charge >= 0.3 is 0 Å². The predicted octanol–water partition coefficient (Wildman–Crippen LogP) is 3.38. The highest BCUT2D eigenvalue weighted by Gasteiger charge is 2.30. The van der Waals surface area contributed by atoms with Gasteiger partial charge in [0.2, 0.25) is 5.78 Å². The fourth-order valence-corrected chi connectivity index (χ4v) is 2.77. The Kier molecular flexibility index (Phi) is 4.02. The monoisotopic (exact) mass is 307 g/mol. The lowest BCUT2D eigenvalue weighted by atomic mass is 10.1. The van der Waals surface area contributed by atoms with Gasteiger partial charge in [0, 0.05) is 29.5 Å². The summed E-state index contributed by atoms with van der Waals surface area (Å²) in [5.74, 6) is 0.232. The van der Waals surface area contributed by atoms with Crippen molar-refractivity contribution in [3.8, 4) is 0 Å². The van der Waals surface area contributed by atoms with Crippen LogP contribution in [0.25, 0.3) is 11.0 Å². The molecule has 1 unspecified atom stereocenters. The highest BCUT2D eigenvalue weighted by Crippen LogP contribution is 2.24. The zero-order valence-electron chi connectivity index (χ0n) is 12.1. The summed E-state index contributed by atoms with van der Waals surface area (Å²) in [6.45, 7) is 6.28. The lowest BCUT2D eigenvalue weighted by Gasteiger charge is -2.34. The van der Waals surface area contributed by atoms with Crippen LogP contribution in [0.1, 0.15) is 24.4 Å². The van der Waals surface area contributed by atoms with Crippen LogP contribution in [0, 0.1) is 0 Å². The van der Waals surface area contributed by atoms with E-state index in [0.717, 1.165) is 11.9 Å². The van der Waals surface area contributed by atoms with E-state index in [0.29, 0.717) is 35.6 Å². The second-order valence-electron chi connectivity index (χ2n) is 5.61. The summed E-state index contributed by atoms with van der Waals surface area (Å²) in [5, 5.41) is 1.46. The van der Waals surface area contributed by atoms with E-state index in [2.05, 4.69) is 18.7 Å². The lowest BCUT2D eigenvalue weighted by molar-refractivity contribution is -0.0266. The Balaban J connectivity index is 1.82. The van der Waals surface area contributed by atoms with E-state index in [4.69, 9.17) is 20.8 Å². The van der Waals surface area contributed by atoms with Gasteiger partial charge in [-0.25, -0.2) is 0 Å². The van der Waals surface area contributed by atoms with Crippen molar-refractivity contribution in [3.05, 3.63) is 35.0 Å². The minimum Gasteiger partial charge on any atom is -0.453 e. The van der Waals surface area contributed by atoms with Gasteiger partial charge in [0.25, 0.3) is 0 Å². The quantitative estimate of drug-likeness (QED) is 0.815. The van der Waals surface area contributed by atoms with Gasteiger partial charge < -0.3 is 9.15 Å². The number of carbonyl (C=O) groups is 1. The van der Waals surface area contributed by atoms with Gasteiger partial charge in [-0.3, -0.25) is 9.69 Å². The third-order valence-corrected chi connectivity index (χ3v) is 4.08. The van der Waals surface area contributed by atoms with Gasteiger partial charge in [-0.05, 0) is 38.1 Å². The number of hydrogen-bond donors (Lipinski definition) is 0. The molecule has 1 aliphatic heterocycles. The first-order valence-corrected chi connectivity index (χ1v) is 7.51. The van der Waals surface area contributed by atoms with Crippen molar-refractivity contribution >= 4 is 28.4 Å². The van der Waals surface area contributed by atoms with Gasteiger partial charge in [-0.2, -0.15) is 0 Å². The summed E-state index contributed by atoms with van der Waals surface area (Å²) < 4.78 is 11.2. The molecule has 1 aromatic carbocycles. The smallest absolute Gasteiger partial charge is 0.227 e. The number of furan rings is 1. The van der Waals surface area contributed by atoms with Crippen LogP contribution >= 0.6 is 11.6 Å². The molecule has 5 heteroatoms. The van der Waals surface area contributed by atoms with Gasteiger partial charge in [0.15, 0.2) is 5.76 Å². The Hall–Kier alpha value is -1.36. The molecule has 0 amide bonds. The highest BCUT2D eigenvalue weighted by atomic mass is 35.5. The first-order chi connectivity index (χ1) is 10.0. The molecule has 1 saturated heterocycles. The van der Waals surface area contributed by atoms with Crippen molar-refractivity contribution in [1.82, 2.24) is 4.90 Å². The molecule has 1 aliphatic rings. The number of fused-ring (bicyclic) bond motifs is 1. The minimum atomic E-state index is -0.461. The number of ether oxygens (including phenoxy) is 1. The van der Waals surface area contributed by atoms with Gasteiger partial charge in [0.1, 0.15) is 11.7 Å². The normalized spacial score (nSPS) is 20.3. The van der Waals surface area contributed by atoms with E-state index in [1.54, 1.807) is 24.3 Å². The van der Waals surface area contributed by atoms with Crippen LogP contribution in [0.15, 0.2) is 28.7 Å². The van der Waals surface area contributed by atoms with Gasteiger partial charge in [-0.1, -0.05) is 11.6 Å². The predicted molar refractivity (Wildman–Crippen MR) is 82.0 cm³/mol. The van der Waals surface area contributed by atoms with Crippen molar-refractivity contribution in [3.63, 3.8) is 0 Å². The number of morpholine rings is 1. The average Bonchev–Trinajstić information content (AvgIpc) is 2.89. The third kappa shape index (κ3) is 2.98. The average molecular weight is 308 g/mol. The fourth-order valence-electron chi connectivity index (χ4n) is 2.59. The number of hydrogen-bond acceptors (Lipinski definition) is 4. The van der Waals surface area contributed by atoms with Crippen molar-refractivity contribution in [2.75, 3.05) is 19.7 Å². The van der Waals surface area contributed by atoms with Crippen LogP contribution in [0.3, 0.4) is 0 Å². The second-order valence-corrected chi connectivity index (χ2v) is 6.04. The van der Waals surface area contributed by atoms with Gasteiger partial charge in [0.05, 0.1) is 6.61 Å². The Bertz CT molecular complexity index is 665. The molecule has 0 radical (unpaired) electrons. The molecule has 0 N–H and O–H groups in total. The Morgan fingerprint density at radius 1 is 1.38 bits per heavy atom. The molecule has 112 valence electrons. The van der Waals surface area contributed by atoms with E-state index in [1.807, 2.05) is 0 Å². The van der Waals surface area contributed by atoms with E-state index >= 15 is 0 Å². The lowest BCUT2D eigenvalue weighted by Crippen LogP contribution is -2.48. The summed E-state index contributed by atoms with van der Waals surface area (Å²) >= 11 is 5.95. The van der Waals surface area contributed by atoms with Crippen molar-refractivity contribution in [2.45, 2.75) is 26.0 Å². The summed E-state index contributed by atoms with van der Waals surface area (Å²) in [6, 6.07) is 7.45. The fraction of sp³-hybridized carbons (Fsp3) is 0.438. The molecule has 0 aliphatic carbocycles. The van der Waals surface area contributed by atoms with Crippen LogP contribution in [-0.2, 0) is 4.74 Å². The molecule has 1 fully saturated rings. The molecule has 1 atom stereocenters. The molecule has 0 spiro atoms. The van der Waals surface area contributed by atoms with Crippen molar-refractivity contribution < 1.29 is 13.9 Å². The third-order valence-electron chi connectivity index (χ3n) is 3.84. The summed E-state index contributed by atoms with van der Waals surface area (Å²) in [6.07, 6.45) is -0.461. The number of benzene rings is 1. The number of ketones is 1. The van der Waals surface area contributed by atoms with Gasteiger partial charge in [-0.15, -0.1) is 0 Å². The minimum absolute atomic E-state index is 0.104. The van der Waals surface area contributed by atoms with Crippen LogP contribution in [-0.4, -0.2) is 42.5 Å². The molecule has 2 aromatic rings. The SMILES string of the molecule is CC(C)N1CCOC(C(=O)c2cc3cc(Cl)ccc3o2)C1. The Morgan fingerprint density at radius 3 is 2.95 bits per heavy atom. The zero-order chi connectivity index (χ0) is 15.0. The summed E-state index contributed by atoms with van der Waals surface area (Å²) in [5.41, 5.74) is 0.666. The molecule has 0 saturated carbocycles. The summed E-state index contributed by atoms with van der Waals surface area (Å²) in [7, 11) is 0. The van der Waals surface area contributed by atoms with Crippen LogP contribution in [0.2, 0.25) is 5.02 Å².